The van der Waals surface area contributed by atoms with E-state index in [9.17, 15) is 13.2 Å². The van der Waals surface area contributed by atoms with Crippen molar-refractivity contribution in [1.29, 1.82) is 0 Å². The summed E-state index contributed by atoms with van der Waals surface area (Å²) in [7, 11) is -0.767. The van der Waals surface area contributed by atoms with Gasteiger partial charge in [0.05, 0.1) is 11.2 Å². The van der Waals surface area contributed by atoms with Crippen LogP contribution >= 0.6 is 0 Å². The van der Waals surface area contributed by atoms with Gasteiger partial charge in [0.25, 0.3) is 0 Å². The first kappa shape index (κ1) is 17.1. The third kappa shape index (κ3) is 2.98. The Balaban J connectivity index is 2.13. The van der Waals surface area contributed by atoms with E-state index in [-0.39, 0.29) is 5.75 Å². The van der Waals surface area contributed by atoms with Crippen LogP contribution in [0.2, 0.25) is 0 Å². The molecule has 24 heavy (non-hydrogen) atoms. The van der Waals surface area contributed by atoms with Gasteiger partial charge in [-0.05, 0) is 44.6 Å². The summed E-state index contributed by atoms with van der Waals surface area (Å²) >= 11 is 0. The van der Waals surface area contributed by atoms with Crippen LogP contribution in [0.15, 0.2) is 36.4 Å². The lowest BCUT2D eigenvalue weighted by atomic mass is 9.76. The highest BCUT2D eigenvalue weighted by molar-refractivity contribution is 6.65. The average molecular weight is 338 g/mol. The van der Waals surface area contributed by atoms with Gasteiger partial charge in [-0.25, -0.2) is 0 Å². The Bertz CT molecular complexity index is 750. The molecule has 0 unspecified atom stereocenters. The van der Waals surface area contributed by atoms with E-state index in [1.54, 1.807) is 24.3 Å². The first-order valence-electron chi connectivity index (χ1n) is 7.63. The lowest BCUT2D eigenvalue weighted by Crippen LogP contribution is -2.41. The van der Waals surface area contributed by atoms with Crippen LogP contribution in [0.25, 0.3) is 10.8 Å². The van der Waals surface area contributed by atoms with Crippen LogP contribution in [-0.4, -0.2) is 24.7 Å². The van der Waals surface area contributed by atoms with Crippen molar-refractivity contribution in [2.45, 2.75) is 45.3 Å². The average Bonchev–Trinajstić information content (AvgIpc) is 2.65. The van der Waals surface area contributed by atoms with Gasteiger partial charge >= 0.3 is 13.5 Å². The van der Waals surface area contributed by atoms with Crippen LogP contribution in [-0.2, 0) is 9.31 Å². The molecule has 0 saturated carbocycles. The van der Waals surface area contributed by atoms with Gasteiger partial charge in [0.1, 0.15) is 5.75 Å². The third-order valence-corrected chi connectivity index (χ3v) is 4.63. The number of halogens is 3. The van der Waals surface area contributed by atoms with Gasteiger partial charge in [-0.15, -0.1) is 13.2 Å². The van der Waals surface area contributed by atoms with Crippen molar-refractivity contribution in [3.8, 4) is 5.75 Å². The predicted octanol–water partition coefficient (Wildman–Crippen LogP) is 4.04. The number of hydrogen-bond donors (Lipinski definition) is 0. The lowest BCUT2D eigenvalue weighted by Gasteiger charge is -2.32. The molecule has 128 valence electrons. The summed E-state index contributed by atoms with van der Waals surface area (Å²) in [5.41, 5.74) is -0.648. The fourth-order valence-electron chi connectivity index (χ4n) is 2.71. The molecular weight excluding hydrogens is 320 g/mol. The van der Waals surface area contributed by atoms with Crippen molar-refractivity contribution in [1.82, 2.24) is 0 Å². The van der Waals surface area contributed by atoms with Crippen molar-refractivity contribution >= 4 is 23.4 Å². The molecule has 0 amide bonds. The molecule has 0 aliphatic carbocycles. The summed E-state index contributed by atoms with van der Waals surface area (Å²) < 4.78 is 54.4. The van der Waals surface area contributed by atoms with Crippen LogP contribution in [0, 0.1) is 0 Å². The lowest BCUT2D eigenvalue weighted by molar-refractivity contribution is -0.274. The Hall–Kier alpha value is -1.73. The van der Waals surface area contributed by atoms with E-state index in [4.69, 9.17) is 9.31 Å². The molecule has 0 spiro atoms. The van der Waals surface area contributed by atoms with Gasteiger partial charge in [-0.2, -0.15) is 0 Å². The smallest absolute Gasteiger partial charge is 0.405 e. The van der Waals surface area contributed by atoms with Crippen LogP contribution in [0.4, 0.5) is 13.2 Å². The first-order valence-corrected chi connectivity index (χ1v) is 7.63. The van der Waals surface area contributed by atoms with Crippen molar-refractivity contribution in [3.63, 3.8) is 0 Å². The minimum absolute atomic E-state index is 0.259. The highest BCUT2D eigenvalue weighted by Crippen LogP contribution is 2.38. The molecule has 0 atom stereocenters. The van der Waals surface area contributed by atoms with E-state index < -0.39 is 24.7 Å². The van der Waals surface area contributed by atoms with Crippen molar-refractivity contribution in [3.05, 3.63) is 36.4 Å². The van der Waals surface area contributed by atoms with E-state index in [1.807, 2.05) is 27.7 Å². The van der Waals surface area contributed by atoms with Crippen LogP contribution in [0.3, 0.4) is 0 Å². The maximum atomic E-state index is 12.7. The standard InChI is InChI=1S/C17H18BF3O3/c1-15(2)16(3,4)24-18(23-15)12-9-5-7-11-8-6-10-13(14(11)12)22-17(19,20)21/h5-10H,1-4H3. The number of benzene rings is 2. The van der Waals surface area contributed by atoms with E-state index in [0.29, 0.717) is 16.2 Å². The number of fused-ring (bicyclic) bond motifs is 1. The largest absolute Gasteiger partial charge is 0.573 e. The Morgan fingerprint density at radius 3 is 2.00 bits per heavy atom. The third-order valence-electron chi connectivity index (χ3n) is 4.63. The molecule has 1 saturated heterocycles. The number of ether oxygens (including phenoxy) is 1. The fourth-order valence-corrected chi connectivity index (χ4v) is 2.71. The van der Waals surface area contributed by atoms with E-state index in [2.05, 4.69) is 4.74 Å². The van der Waals surface area contributed by atoms with E-state index in [1.165, 1.54) is 12.1 Å². The van der Waals surface area contributed by atoms with Gasteiger partial charge in [0.2, 0.25) is 0 Å². The van der Waals surface area contributed by atoms with Crippen LogP contribution in [0.5, 0.6) is 5.75 Å². The molecule has 1 aliphatic heterocycles. The zero-order chi connectivity index (χ0) is 17.8. The van der Waals surface area contributed by atoms with Gasteiger partial charge < -0.3 is 14.0 Å². The van der Waals surface area contributed by atoms with Gasteiger partial charge in [-0.3, -0.25) is 0 Å². The predicted molar refractivity (Wildman–Crippen MR) is 86.3 cm³/mol. The maximum Gasteiger partial charge on any atom is 0.573 e. The zero-order valence-electron chi connectivity index (χ0n) is 13.9. The highest BCUT2D eigenvalue weighted by Gasteiger charge is 2.52. The Kier molecular flexibility index (Phi) is 3.84. The van der Waals surface area contributed by atoms with Crippen LogP contribution < -0.4 is 10.2 Å². The van der Waals surface area contributed by atoms with Crippen LogP contribution in [0.1, 0.15) is 27.7 Å². The quantitative estimate of drug-likeness (QED) is 0.774. The Morgan fingerprint density at radius 2 is 1.46 bits per heavy atom. The second kappa shape index (κ2) is 5.39. The summed E-state index contributed by atoms with van der Waals surface area (Å²) in [5.74, 6) is -0.259. The van der Waals surface area contributed by atoms with E-state index in [0.717, 1.165) is 0 Å². The monoisotopic (exact) mass is 338 g/mol. The Labute approximate surface area is 138 Å². The van der Waals surface area contributed by atoms with Gasteiger partial charge in [0, 0.05) is 5.39 Å². The summed E-state index contributed by atoms with van der Waals surface area (Å²) in [4.78, 5) is 0. The SMILES string of the molecule is CC1(C)OB(c2cccc3cccc(OC(F)(F)F)c23)OC1(C)C. The van der Waals surface area contributed by atoms with Crippen molar-refractivity contribution in [2.24, 2.45) is 0 Å². The molecular formula is C17H18BF3O3. The fraction of sp³-hybridized carbons (Fsp3) is 0.412. The molecule has 1 fully saturated rings. The molecule has 0 bridgehead atoms. The number of rotatable bonds is 2. The minimum atomic E-state index is -4.77. The van der Waals surface area contributed by atoms with E-state index >= 15 is 0 Å². The molecule has 0 radical (unpaired) electrons. The second-order valence-corrected chi connectivity index (χ2v) is 6.84. The van der Waals surface area contributed by atoms with Gasteiger partial charge in [-0.1, -0.05) is 30.3 Å². The summed E-state index contributed by atoms with van der Waals surface area (Å²) in [6.07, 6.45) is -4.77. The van der Waals surface area contributed by atoms with Gasteiger partial charge in [0.15, 0.2) is 0 Å². The molecule has 7 heteroatoms. The minimum Gasteiger partial charge on any atom is -0.405 e. The Morgan fingerprint density at radius 1 is 0.917 bits per heavy atom. The summed E-state index contributed by atoms with van der Waals surface area (Å²) in [6, 6.07) is 9.75. The molecule has 1 aliphatic rings. The highest BCUT2D eigenvalue weighted by atomic mass is 19.4. The molecule has 3 rings (SSSR count). The normalized spacial score (nSPS) is 19.7. The van der Waals surface area contributed by atoms with Crippen molar-refractivity contribution < 1.29 is 27.2 Å². The maximum absolute atomic E-state index is 12.7. The number of hydrogen-bond acceptors (Lipinski definition) is 3. The molecule has 0 N–H and O–H groups in total. The summed E-state index contributed by atoms with van der Waals surface area (Å²) in [6.45, 7) is 7.58. The molecule has 3 nitrogen and oxygen atoms in total. The zero-order valence-corrected chi connectivity index (χ0v) is 13.9. The molecule has 1 heterocycles. The summed E-state index contributed by atoms with van der Waals surface area (Å²) in [5, 5.41) is 0.972. The molecule has 0 aromatic heterocycles. The first-order chi connectivity index (χ1) is 11.0. The topological polar surface area (TPSA) is 27.7 Å². The molecule has 2 aromatic carbocycles. The van der Waals surface area contributed by atoms with Crippen molar-refractivity contribution in [2.75, 3.05) is 0 Å². The molecule has 2 aromatic rings. The second-order valence-electron chi connectivity index (χ2n) is 6.84. The number of alkyl halides is 3.